The van der Waals surface area contributed by atoms with Crippen LogP contribution < -0.4 is 5.32 Å². The van der Waals surface area contributed by atoms with Crippen molar-refractivity contribution in [2.24, 2.45) is 0 Å². The highest BCUT2D eigenvalue weighted by Gasteiger charge is 2.35. The van der Waals surface area contributed by atoms with E-state index in [9.17, 15) is 8.42 Å². The van der Waals surface area contributed by atoms with Crippen LogP contribution in [0.25, 0.3) is 0 Å². The number of aromatic nitrogens is 2. The van der Waals surface area contributed by atoms with E-state index in [4.69, 9.17) is 9.72 Å². The zero-order valence-corrected chi connectivity index (χ0v) is 17.5. The van der Waals surface area contributed by atoms with E-state index in [0.717, 1.165) is 34.4 Å². The predicted octanol–water partition coefficient (Wildman–Crippen LogP) is 2.35. The molecule has 28 heavy (non-hydrogen) atoms. The number of thiazole rings is 1. The number of pyridine rings is 1. The number of nitrogens with one attached hydrogen (secondary N) is 1. The van der Waals surface area contributed by atoms with Crippen molar-refractivity contribution in [2.45, 2.75) is 25.7 Å². The molecule has 0 saturated carbocycles. The molecule has 0 aliphatic carbocycles. The smallest absolute Gasteiger partial charge is 0.282 e. The van der Waals surface area contributed by atoms with E-state index in [1.54, 1.807) is 15.6 Å². The molecule has 1 N–H and O–H groups in total. The second kappa shape index (κ2) is 8.42. The van der Waals surface area contributed by atoms with E-state index in [0.29, 0.717) is 39.4 Å². The molecule has 0 radical (unpaired) electrons. The quantitative estimate of drug-likeness (QED) is 0.794. The molecule has 2 aromatic rings. The van der Waals surface area contributed by atoms with Crippen molar-refractivity contribution < 1.29 is 13.2 Å². The Morgan fingerprint density at radius 3 is 2.79 bits per heavy atom. The van der Waals surface area contributed by atoms with Gasteiger partial charge >= 0.3 is 0 Å². The Balaban J connectivity index is 1.47. The Morgan fingerprint density at radius 1 is 1.21 bits per heavy atom. The molecule has 2 aliphatic heterocycles. The molecule has 0 aromatic carbocycles. The summed E-state index contributed by atoms with van der Waals surface area (Å²) < 4.78 is 34.4. The first-order valence-corrected chi connectivity index (χ1v) is 11.7. The second-order valence-electron chi connectivity index (χ2n) is 7.07. The monoisotopic (exact) mass is 423 g/mol. The highest BCUT2D eigenvalue weighted by Crippen LogP contribution is 2.29. The lowest BCUT2D eigenvalue weighted by atomic mass is 9.96. The van der Waals surface area contributed by atoms with Gasteiger partial charge in [-0.2, -0.15) is 17.0 Å². The van der Waals surface area contributed by atoms with Crippen LogP contribution in [0.5, 0.6) is 0 Å². The molecule has 2 saturated heterocycles. The lowest BCUT2D eigenvalue weighted by Crippen LogP contribution is -2.51. The summed E-state index contributed by atoms with van der Waals surface area (Å²) in [6.45, 7) is 4.81. The molecule has 152 valence electrons. The normalized spacial score (nSPS) is 22.2. The SMILES string of the molecule is Cc1cnc(Nc2cccc(C3CCCN(S(=O)(=O)N4CCOCC4)C3)n2)s1. The van der Waals surface area contributed by atoms with Gasteiger partial charge in [0, 0.05) is 48.9 Å². The fourth-order valence-corrected chi connectivity index (χ4v) is 5.94. The molecular formula is C18H25N5O3S2. The van der Waals surface area contributed by atoms with E-state index in [1.165, 1.54) is 4.31 Å². The van der Waals surface area contributed by atoms with Crippen molar-refractivity contribution in [3.63, 3.8) is 0 Å². The molecular weight excluding hydrogens is 398 g/mol. The van der Waals surface area contributed by atoms with Gasteiger partial charge in [-0.1, -0.05) is 6.07 Å². The number of anilines is 2. The average molecular weight is 424 g/mol. The third kappa shape index (κ3) is 4.36. The van der Waals surface area contributed by atoms with Crippen LogP contribution in [0.4, 0.5) is 10.9 Å². The van der Waals surface area contributed by atoms with Gasteiger partial charge < -0.3 is 10.1 Å². The van der Waals surface area contributed by atoms with E-state index >= 15 is 0 Å². The van der Waals surface area contributed by atoms with Gasteiger partial charge in [0.2, 0.25) is 0 Å². The number of morpholine rings is 1. The van der Waals surface area contributed by atoms with Gasteiger partial charge in [0.05, 0.1) is 13.2 Å². The predicted molar refractivity (Wildman–Crippen MR) is 109 cm³/mol. The van der Waals surface area contributed by atoms with Crippen molar-refractivity contribution >= 4 is 32.5 Å². The number of hydrogen-bond acceptors (Lipinski definition) is 7. The number of rotatable bonds is 5. The Hall–Kier alpha value is -1.59. The molecule has 0 amide bonds. The molecule has 4 heterocycles. The minimum Gasteiger partial charge on any atom is -0.379 e. The second-order valence-corrected chi connectivity index (χ2v) is 10.2. The molecule has 1 unspecified atom stereocenters. The van der Waals surface area contributed by atoms with E-state index < -0.39 is 10.2 Å². The molecule has 10 heteroatoms. The third-order valence-corrected chi connectivity index (χ3v) is 7.88. The van der Waals surface area contributed by atoms with Crippen molar-refractivity contribution in [3.8, 4) is 0 Å². The zero-order chi connectivity index (χ0) is 19.6. The van der Waals surface area contributed by atoms with Crippen molar-refractivity contribution in [3.05, 3.63) is 35.0 Å². The van der Waals surface area contributed by atoms with Crippen LogP contribution in [0.1, 0.15) is 29.3 Å². The molecule has 0 bridgehead atoms. The molecule has 2 fully saturated rings. The summed E-state index contributed by atoms with van der Waals surface area (Å²) in [4.78, 5) is 10.2. The Bertz CT molecular complexity index is 911. The number of piperidine rings is 1. The van der Waals surface area contributed by atoms with Crippen LogP contribution in [0.15, 0.2) is 24.4 Å². The van der Waals surface area contributed by atoms with Crippen LogP contribution in [-0.2, 0) is 14.9 Å². The third-order valence-electron chi connectivity index (χ3n) is 5.05. The van der Waals surface area contributed by atoms with E-state index in [2.05, 4.69) is 10.3 Å². The summed E-state index contributed by atoms with van der Waals surface area (Å²) in [7, 11) is -3.45. The Morgan fingerprint density at radius 2 is 2.04 bits per heavy atom. The van der Waals surface area contributed by atoms with Gasteiger partial charge in [-0.15, -0.1) is 11.3 Å². The Kier molecular flexibility index (Phi) is 5.93. The first kappa shape index (κ1) is 19.7. The maximum Gasteiger partial charge on any atom is 0.282 e. The summed E-state index contributed by atoms with van der Waals surface area (Å²) in [6.07, 6.45) is 3.59. The highest BCUT2D eigenvalue weighted by molar-refractivity contribution is 7.86. The topological polar surface area (TPSA) is 87.7 Å². The van der Waals surface area contributed by atoms with Crippen LogP contribution in [0, 0.1) is 6.92 Å². The van der Waals surface area contributed by atoms with Gasteiger partial charge in [0.1, 0.15) is 5.82 Å². The minimum atomic E-state index is -3.45. The standard InChI is InChI=1S/C18H25N5O3S2/c1-14-12-19-18(27-14)21-17-6-2-5-16(20-17)15-4-3-7-23(13-15)28(24,25)22-8-10-26-11-9-22/h2,5-6,12,15H,3-4,7-11,13H2,1H3,(H,19,20,21). The van der Waals surface area contributed by atoms with Gasteiger partial charge in [-0.05, 0) is 31.9 Å². The largest absolute Gasteiger partial charge is 0.379 e. The van der Waals surface area contributed by atoms with Crippen molar-refractivity contribution in [2.75, 3.05) is 44.7 Å². The van der Waals surface area contributed by atoms with Crippen LogP contribution in [0.2, 0.25) is 0 Å². The molecule has 2 aromatic heterocycles. The number of aryl methyl sites for hydroxylation is 1. The zero-order valence-electron chi connectivity index (χ0n) is 15.9. The molecule has 2 aliphatic rings. The molecule has 4 rings (SSSR count). The summed E-state index contributed by atoms with van der Waals surface area (Å²) in [5.41, 5.74) is 0.917. The summed E-state index contributed by atoms with van der Waals surface area (Å²) in [5.74, 6) is 0.823. The van der Waals surface area contributed by atoms with E-state index in [-0.39, 0.29) is 5.92 Å². The lowest BCUT2D eigenvalue weighted by molar-refractivity contribution is 0.0695. The van der Waals surface area contributed by atoms with Gasteiger partial charge in [0.25, 0.3) is 10.2 Å². The first-order valence-electron chi connectivity index (χ1n) is 9.52. The van der Waals surface area contributed by atoms with Crippen LogP contribution in [0.3, 0.4) is 0 Å². The van der Waals surface area contributed by atoms with Gasteiger partial charge in [0.15, 0.2) is 5.13 Å². The highest BCUT2D eigenvalue weighted by atomic mass is 32.2. The van der Waals surface area contributed by atoms with Gasteiger partial charge in [-0.25, -0.2) is 9.97 Å². The molecule has 1 atom stereocenters. The molecule has 0 spiro atoms. The maximum absolute atomic E-state index is 13.0. The van der Waals surface area contributed by atoms with Crippen molar-refractivity contribution in [1.82, 2.24) is 18.6 Å². The Labute approximate surface area is 169 Å². The average Bonchev–Trinajstić information content (AvgIpc) is 3.13. The van der Waals surface area contributed by atoms with Crippen LogP contribution in [-0.4, -0.2) is 66.4 Å². The first-order chi connectivity index (χ1) is 13.5. The summed E-state index contributed by atoms with van der Waals surface area (Å²) >= 11 is 1.58. The minimum absolute atomic E-state index is 0.0874. The fraction of sp³-hybridized carbons (Fsp3) is 0.556. The molecule has 8 nitrogen and oxygen atoms in total. The summed E-state index contributed by atoms with van der Waals surface area (Å²) in [5, 5.41) is 4.05. The number of hydrogen-bond donors (Lipinski definition) is 1. The van der Waals surface area contributed by atoms with E-state index in [1.807, 2.05) is 31.3 Å². The lowest BCUT2D eigenvalue weighted by Gasteiger charge is -2.36. The maximum atomic E-state index is 13.0. The number of ether oxygens (including phenoxy) is 1. The van der Waals surface area contributed by atoms with Gasteiger partial charge in [-0.3, -0.25) is 0 Å². The number of nitrogens with zero attached hydrogens (tertiary/aromatic N) is 4. The summed E-state index contributed by atoms with van der Waals surface area (Å²) in [6, 6.07) is 5.85. The van der Waals surface area contributed by atoms with Crippen LogP contribution >= 0.6 is 11.3 Å². The van der Waals surface area contributed by atoms with Crippen molar-refractivity contribution in [1.29, 1.82) is 0 Å². The fourth-order valence-electron chi connectivity index (χ4n) is 3.60.